The van der Waals surface area contributed by atoms with Crippen LogP contribution in [-0.2, 0) is 0 Å². The Morgan fingerprint density at radius 2 is 1.88 bits per heavy atom. The monoisotopic (exact) mass is 536 g/mol. The van der Waals surface area contributed by atoms with Crippen molar-refractivity contribution in [1.29, 1.82) is 0 Å². The number of methoxy groups -OCH3 is 1. The summed E-state index contributed by atoms with van der Waals surface area (Å²) >= 11 is 16.1. The number of rotatable bonds is 6. The number of halogens is 3. The molecule has 2 fully saturated rings. The van der Waals surface area contributed by atoms with Crippen molar-refractivity contribution in [3.8, 4) is 11.5 Å². The number of hydrogen-bond acceptors (Lipinski definition) is 6. The molecule has 1 saturated heterocycles. The second-order valence-corrected chi connectivity index (χ2v) is 10.0. The molecule has 2 N–H and O–H groups in total. The SMILES string of the molecule is COc1cc2c(Nc3ccc(Br)c(Cl)c3Cl)ncnc2cc1OCC1C[C@H]2CNC[C@H]2C1. The third-order valence-electron chi connectivity index (χ3n) is 6.44. The zero-order valence-corrected chi connectivity index (χ0v) is 20.6. The average molecular weight is 538 g/mol. The quantitative estimate of drug-likeness (QED) is 0.371. The standard InChI is InChI=1S/C23H23BrCl2N4O2/c1-31-19-6-15-18(7-20(19)32-10-12-4-13-8-27-9-14(13)5-12)28-11-29-23(15)30-17-3-2-16(24)21(25)22(17)26/h2-3,6-7,11-14,27H,4-5,8-10H2,1H3,(H,28,29,30)/t12?,13-,14+. The highest BCUT2D eigenvalue weighted by molar-refractivity contribution is 9.10. The first-order valence-corrected chi connectivity index (χ1v) is 12.1. The van der Waals surface area contributed by atoms with Crippen LogP contribution in [0.2, 0.25) is 10.0 Å². The lowest BCUT2D eigenvalue weighted by atomic mass is 10.0. The Morgan fingerprint density at radius 3 is 2.62 bits per heavy atom. The molecule has 0 spiro atoms. The van der Waals surface area contributed by atoms with Crippen LogP contribution in [0.1, 0.15) is 12.8 Å². The molecule has 6 nitrogen and oxygen atoms in total. The largest absolute Gasteiger partial charge is 0.493 e. The minimum Gasteiger partial charge on any atom is -0.493 e. The first-order chi connectivity index (χ1) is 15.5. The lowest BCUT2D eigenvalue weighted by Crippen LogP contribution is -2.15. The maximum Gasteiger partial charge on any atom is 0.163 e. The van der Waals surface area contributed by atoms with Gasteiger partial charge in [-0.15, -0.1) is 0 Å². The fourth-order valence-corrected chi connectivity index (χ4v) is 5.64. The number of nitrogens with zero attached hydrogens (tertiary/aromatic N) is 2. The summed E-state index contributed by atoms with van der Waals surface area (Å²) in [5.41, 5.74) is 1.41. The summed E-state index contributed by atoms with van der Waals surface area (Å²) in [6.45, 7) is 2.97. The van der Waals surface area contributed by atoms with Crippen LogP contribution in [0, 0.1) is 17.8 Å². The van der Waals surface area contributed by atoms with Crippen LogP contribution in [-0.4, -0.2) is 36.8 Å². The van der Waals surface area contributed by atoms with E-state index in [1.165, 1.54) is 19.2 Å². The van der Waals surface area contributed by atoms with Gasteiger partial charge in [0.1, 0.15) is 12.1 Å². The van der Waals surface area contributed by atoms with Crippen LogP contribution in [0.5, 0.6) is 11.5 Å². The summed E-state index contributed by atoms with van der Waals surface area (Å²) in [5.74, 6) is 4.13. The van der Waals surface area contributed by atoms with Crippen molar-refractivity contribution >= 4 is 61.5 Å². The van der Waals surface area contributed by atoms with Gasteiger partial charge in [0.15, 0.2) is 11.5 Å². The van der Waals surface area contributed by atoms with Gasteiger partial charge in [-0.25, -0.2) is 9.97 Å². The number of aromatic nitrogens is 2. The van der Waals surface area contributed by atoms with Crippen molar-refractivity contribution < 1.29 is 9.47 Å². The van der Waals surface area contributed by atoms with E-state index in [4.69, 9.17) is 32.7 Å². The first kappa shape index (κ1) is 22.0. The molecule has 2 aromatic carbocycles. The number of fused-ring (bicyclic) bond motifs is 2. The molecule has 1 aliphatic carbocycles. The second-order valence-electron chi connectivity index (χ2n) is 8.42. The number of ether oxygens (including phenoxy) is 2. The van der Waals surface area contributed by atoms with Crippen LogP contribution < -0.4 is 20.1 Å². The molecular weight excluding hydrogens is 515 g/mol. The highest BCUT2D eigenvalue weighted by Gasteiger charge is 2.37. The predicted molar refractivity (Wildman–Crippen MR) is 132 cm³/mol. The summed E-state index contributed by atoms with van der Waals surface area (Å²) in [4.78, 5) is 8.84. The summed E-state index contributed by atoms with van der Waals surface area (Å²) in [7, 11) is 1.64. The molecule has 2 heterocycles. The van der Waals surface area contributed by atoms with Crippen LogP contribution in [0.4, 0.5) is 11.5 Å². The molecule has 0 amide bonds. The van der Waals surface area contributed by atoms with Crippen molar-refractivity contribution in [2.75, 3.05) is 32.1 Å². The van der Waals surface area contributed by atoms with Crippen LogP contribution in [0.15, 0.2) is 35.1 Å². The van der Waals surface area contributed by atoms with Crippen LogP contribution in [0.25, 0.3) is 10.9 Å². The van der Waals surface area contributed by atoms with Crippen molar-refractivity contribution in [3.63, 3.8) is 0 Å². The van der Waals surface area contributed by atoms with Gasteiger partial charge in [0.25, 0.3) is 0 Å². The highest BCUT2D eigenvalue weighted by Crippen LogP contribution is 2.41. The molecule has 5 rings (SSSR count). The van der Waals surface area contributed by atoms with Crippen molar-refractivity contribution in [2.45, 2.75) is 12.8 Å². The molecule has 1 saturated carbocycles. The van der Waals surface area contributed by atoms with E-state index in [0.717, 1.165) is 40.3 Å². The van der Waals surface area contributed by atoms with Gasteiger partial charge in [0, 0.05) is 15.9 Å². The van der Waals surface area contributed by atoms with E-state index >= 15 is 0 Å². The van der Waals surface area contributed by atoms with Gasteiger partial charge in [-0.05, 0) is 77.8 Å². The summed E-state index contributed by atoms with van der Waals surface area (Å²) in [6, 6.07) is 7.48. The lowest BCUT2D eigenvalue weighted by molar-refractivity contribution is 0.234. The maximum atomic E-state index is 6.41. The van der Waals surface area contributed by atoms with E-state index in [-0.39, 0.29) is 0 Å². The molecule has 168 valence electrons. The van der Waals surface area contributed by atoms with E-state index in [9.17, 15) is 0 Å². The Morgan fingerprint density at radius 1 is 1.09 bits per heavy atom. The Balaban J connectivity index is 1.39. The number of benzene rings is 2. The van der Waals surface area contributed by atoms with Crippen LogP contribution >= 0.6 is 39.1 Å². The van der Waals surface area contributed by atoms with Gasteiger partial charge in [0.2, 0.25) is 0 Å². The summed E-state index contributed by atoms with van der Waals surface area (Å²) < 4.78 is 12.6. The summed E-state index contributed by atoms with van der Waals surface area (Å²) in [6.07, 6.45) is 3.96. The minimum atomic E-state index is 0.413. The van der Waals surface area contributed by atoms with E-state index in [0.29, 0.717) is 45.6 Å². The molecule has 3 aromatic rings. The van der Waals surface area contributed by atoms with Crippen molar-refractivity contribution in [2.24, 2.45) is 17.8 Å². The van der Waals surface area contributed by atoms with E-state index in [1.54, 1.807) is 7.11 Å². The second kappa shape index (κ2) is 9.21. The topological polar surface area (TPSA) is 68.3 Å². The summed E-state index contributed by atoms with van der Waals surface area (Å²) in [5, 5.41) is 8.41. The average Bonchev–Trinajstić information content (AvgIpc) is 3.39. The van der Waals surface area contributed by atoms with E-state index < -0.39 is 0 Å². The van der Waals surface area contributed by atoms with E-state index in [1.807, 2.05) is 24.3 Å². The van der Waals surface area contributed by atoms with Gasteiger partial charge in [-0.3, -0.25) is 0 Å². The van der Waals surface area contributed by atoms with Crippen molar-refractivity contribution in [1.82, 2.24) is 15.3 Å². The Kier molecular flexibility index (Phi) is 6.34. The molecule has 32 heavy (non-hydrogen) atoms. The molecule has 1 unspecified atom stereocenters. The molecular formula is C23H23BrCl2N4O2. The molecule has 2 aliphatic rings. The minimum absolute atomic E-state index is 0.413. The third kappa shape index (κ3) is 4.23. The predicted octanol–water partition coefficient (Wildman–Crippen LogP) is 6.08. The fraction of sp³-hybridized carbons (Fsp3) is 0.391. The fourth-order valence-electron chi connectivity index (χ4n) is 4.82. The zero-order valence-electron chi connectivity index (χ0n) is 17.5. The van der Waals surface area contributed by atoms with Gasteiger partial charge < -0.3 is 20.1 Å². The molecule has 0 radical (unpaired) electrons. The molecule has 9 heteroatoms. The first-order valence-electron chi connectivity index (χ1n) is 10.6. The smallest absolute Gasteiger partial charge is 0.163 e. The van der Waals surface area contributed by atoms with Gasteiger partial charge in [-0.1, -0.05) is 23.2 Å². The molecule has 0 bridgehead atoms. The Labute approximate surface area is 205 Å². The zero-order chi connectivity index (χ0) is 22.2. The number of anilines is 2. The number of hydrogen-bond donors (Lipinski definition) is 2. The number of nitrogens with one attached hydrogen (secondary N) is 2. The molecule has 3 atom stereocenters. The van der Waals surface area contributed by atoms with Gasteiger partial charge in [-0.2, -0.15) is 0 Å². The van der Waals surface area contributed by atoms with Gasteiger partial charge >= 0.3 is 0 Å². The lowest BCUT2D eigenvalue weighted by Gasteiger charge is -2.17. The maximum absolute atomic E-state index is 6.41. The van der Waals surface area contributed by atoms with E-state index in [2.05, 4.69) is 36.5 Å². The van der Waals surface area contributed by atoms with Crippen LogP contribution in [0.3, 0.4) is 0 Å². The normalized spacial score (nSPS) is 22.2. The molecule has 1 aromatic heterocycles. The van der Waals surface area contributed by atoms with Gasteiger partial charge in [0.05, 0.1) is 35.0 Å². The van der Waals surface area contributed by atoms with Crippen molar-refractivity contribution in [3.05, 3.63) is 45.1 Å². The Bertz CT molecular complexity index is 1150. The molecule has 1 aliphatic heterocycles. The highest BCUT2D eigenvalue weighted by atomic mass is 79.9. The Hall–Kier alpha value is -1.80. The third-order valence-corrected chi connectivity index (χ3v) is 8.21.